The molecule has 0 saturated heterocycles. The molecule has 0 fully saturated rings. The number of ether oxygens (including phenoxy) is 1. The molecule has 1 aliphatic heterocycles. The van der Waals surface area contributed by atoms with Gasteiger partial charge in [0.15, 0.2) is 5.71 Å². The summed E-state index contributed by atoms with van der Waals surface area (Å²) >= 11 is 1.19. The Kier molecular flexibility index (Phi) is 15.5. The molecule has 1 atom stereocenters. The minimum Gasteiger partial charge on any atom is -0.497 e. The highest BCUT2D eigenvalue weighted by Crippen LogP contribution is 2.35. The van der Waals surface area contributed by atoms with E-state index in [2.05, 4.69) is 16.4 Å². The Labute approximate surface area is 305 Å². The first-order chi connectivity index (χ1) is 24.4. The van der Waals surface area contributed by atoms with Crippen LogP contribution in [-0.4, -0.2) is 40.0 Å². The van der Waals surface area contributed by atoms with Crippen LogP contribution >= 0.6 is 11.8 Å². The molecule has 0 bridgehead atoms. The second-order valence-electron chi connectivity index (χ2n) is 11.3. The quantitative estimate of drug-likeness (QED) is 0.0890. The highest BCUT2D eigenvalue weighted by Gasteiger charge is 2.26. The summed E-state index contributed by atoms with van der Waals surface area (Å²) in [6.45, 7) is 7.73. The smallest absolute Gasteiger partial charge is 0.358 e. The lowest BCUT2D eigenvalue weighted by Crippen LogP contribution is -2.22. The van der Waals surface area contributed by atoms with Crippen LogP contribution in [0.25, 0.3) is 5.57 Å². The fourth-order valence-corrected chi connectivity index (χ4v) is 7.56. The number of hydrogen-bond donors (Lipinski definition) is 0. The second-order valence-corrected chi connectivity index (χ2v) is 15.7. The van der Waals surface area contributed by atoms with Crippen molar-refractivity contribution in [2.75, 3.05) is 7.11 Å². The largest absolute Gasteiger partial charge is 0.497 e. The third-order valence-electron chi connectivity index (χ3n) is 7.50. The Hall–Kier alpha value is -4.89. The number of nitrogens with zero attached hydrogens (tertiary/aromatic N) is 4. The summed E-state index contributed by atoms with van der Waals surface area (Å²) < 4.78 is 63.7. The van der Waals surface area contributed by atoms with Gasteiger partial charge in [0.05, 0.1) is 17.9 Å². The molecule has 14 heteroatoms. The number of rotatable bonds is 14. The van der Waals surface area contributed by atoms with Crippen molar-refractivity contribution >= 4 is 48.3 Å². The van der Waals surface area contributed by atoms with Gasteiger partial charge in [-0.1, -0.05) is 97.1 Å². The Morgan fingerprint density at radius 1 is 0.843 bits per heavy atom. The number of oxime groups is 2. The maximum atomic E-state index is 12.3. The number of thioether (sulfide) groups is 1. The average molecular weight is 749 g/mol. The molecular weight excluding hydrogens is 709 g/mol. The molecule has 0 amide bonds. The van der Waals surface area contributed by atoms with Gasteiger partial charge in [-0.15, -0.1) is 0 Å². The van der Waals surface area contributed by atoms with Gasteiger partial charge in [0.1, 0.15) is 27.8 Å². The highest BCUT2D eigenvalue weighted by atomic mass is 32.2. The first kappa shape index (κ1) is 40.5. The summed E-state index contributed by atoms with van der Waals surface area (Å²) in [7, 11) is -6.29. The average Bonchev–Trinajstić information content (AvgIpc) is 3.60. The molecule has 1 unspecified atom stereocenters. The van der Waals surface area contributed by atoms with Crippen LogP contribution in [0.4, 0.5) is 0 Å². The number of aryl methyl sites for hydroxylation is 2. The molecule has 0 aromatic heterocycles. The van der Waals surface area contributed by atoms with E-state index in [1.54, 1.807) is 48.6 Å². The van der Waals surface area contributed by atoms with E-state index >= 15 is 0 Å². The molecule has 51 heavy (non-hydrogen) atoms. The van der Waals surface area contributed by atoms with Gasteiger partial charge in [-0.05, 0) is 86.4 Å². The minimum atomic E-state index is -3.98. The van der Waals surface area contributed by atoms with Crippen LogP contribution in [0.15, 0.2) is 105 Å². The first-order valence-electron chi connectivity index (χ1n) is 16.1. The number of nitriles is 2. The molecule has 268 valence electrons. The number of benzene rings is 3. The lowest BCUT2D eigenvalue weighted by Gasteiger charge is -2.14. The Morgan fingerprint density at radius 2 is 1.53 bits per heavy atom. The summed E-state index contributed by atoms with van der Waals surface area (Å²) in [5.41, 5.74) is 3.66. The number of allylic oxidation sites excluding steroid dienone is 2. The Morgan fingerprint density at radius 3 is 2.12 bits per heavy atom. The van der Waals surface area contributed by atoms with Gasteiger partial charge in [0, 0.05) is 10.5 Å². The zero-order valence-corrected chi connectivity index (χ0v) is 31.5. The third-order valence-corrected chi connectivity index (χ3v) is 11.2. The molecule has 0 radical (unpaired) electrons. The molecule has 0 spiro atoms. The van der Waals surface area contributed by atoms with E-state index in [4.69, 9.17) is 13.3 Å². The number of hydrogen-bond acceptors (Lipinski definition) is 12. The van der Waals surface area contributed by atoms with Gasteiger partial charge >= 0.3 is 20.2 Å². The topological polar surface area (TPSA) is 168 Å². The van der Waals surface area contributed by atoms with Crippen molar-refractivity contribution in [3.63, 3.8) is 0 Å². The van der Waals surface area contributed by atoms with Crippen LogP contribution in [0.2, 0.25) is 0 Å². The summed E-state index contributed by atoms with van der Waals surface area (Å²) in [5, 5.41) is 25.8. The van der Waals surface area contributed by atoms with Crippen molar-refractivity contribution < 1.29 is 30.1 Å². The molecular formula is C37H40N4O7S3. The van der Waals surface area contributed by atoms with Crippen LogP contribution in [0.1, 0.15) is 68.2 Å². The van der Waals surface area contributed by atoms with Crippen molar-refractivity contribution in [1.82, 2.24) is 0 Å². The van der Waals surface area contributed by atoms with Crippen LogP contribution in [0, 0.1) is 36.5 Å². The summed E-state index contributed by atoms with van der Waals surface area (Å²) in [5.74, 6) is 0.632. The van der Waals surface area contributed by atoms with Gasteiger partial charge in [-0.3, -0.25) is 8.57 Å². The first-order valence-corrected chi connectivity index (χ1v) is 19.8. The van der Waals surface area contributed by atoms with Crippen molar-refractivity contribution in [2.24, 2.45) is 10.3 Å². The molecule has 0 N–H and O–H groups in total. The molecule has 1 heterocycles. The van der Waals surface area contributed by atoms with Gasteiger partial charge in [-0.25, -0.2) is 0 Å². The Bertz CT molecular complexity index is 2080. The molecule has 0 saturated carbocycles. The lowest BCUT2D eigenvalue weighted by atomic mass is 10.0. The Balaban J connectivity index is 0.000000278. The monoisotopic (exact) mass is 748 g/mol. The van der Waals surface area contributed by atoms with Crippen molar-refractivity contribution in [2.45, 2.75) is 69.9 Å². The molecule has 4 rings (SSSR count). The van der Waals surface area contributed by atoms with Gasteiger partial charge in [0.25, 0.3) is 0 Å². The number of unbranched alkanes of at least 4 members (excludes halogenated alkanes) is 1. The maximum absolute atomic E-state index is 12.3. The van der Waals surface area contributed by atoms with Crippen LogP contribution in [-0.2, 0) is 28.8 Å². The highest BCUT2D eigenvalue weighted by molar-refractivity contribution is 8.18. The van der Waals surface area contributed by atoms with E-state index < -0.39 is 25.5 Å². The van der Waals surface area contributed by atoms with Crippen molar-refractivity contribution in [3.05, 3.63) is 112 Å². The van der Waals surface area contributed by atoms with E-state index in [-0.39, 0.29) is 10.6 Å². The van der Waals surface area contributed by atoms with Crippen molar-refractivity contribution in [1.29, 1.82) is 10.5 Å². The molecule has 11 nitrogen and oxygen atoms in total. The molecule has 3 aromatic rings. The standard InChI is InChI=1S/C20H16N2O3S2.C17H24N2O4S/c1-14-7-9-16(10-8-14)27(23,24)25-22-20-12-11-19(26-20)18(13-21)17-6-4-3-5-15(17)2;1-4-6-8-16(7-5-2)24(20,21)23-19-17(13-18)14-9-11-15(22-3)12-10-14/h3-12H,1-2H3;9-12,16H,4-8H2,1-3H3. The van der Waals surface area contributed by atoms with E-state index in [1.807, 2.05) is 58.0 Å². The molecule has 0 aliphatic carbocycles. The summed E-state index contributed by atoms with van der Waals surface area (Å²) in [6.07, 6.45) is 6.87. The number of methoxy groups -OCH3 is 1. The summed E-state index contributed by atoms with van der Waals surface area (Å²) in [4.78, 5) is 0.736. The third kappa shape index (κ3) is 11.9. The van der Waals surface area contributed by atoms with Crippen LogP contribution < -0.4 is 4.74 Å². The van der Waals surface area contributed by atoms with Gasteiger partial charge in [-0.2, -0.15) is 27.4 Å². The van der Waals surface area contributed by atoms with E-state index in [9.17, 15) is 27.4 Å². The van der Waals surface area contributed by atoms with E-state index in [1.165, 1.54) is 31.0 Å². The fourth-order valence-electron chi connectivity index (χ4n) is 4.67. The maximum Gasteiger partial charge on any atom is 0.358 e. The van der Waals surface area contributed by atoms with E-state index in [0.717, 1.165) is 36.0 Å². The zero-order valence-electron chi connectivity index (χ0n) is 29.1. The predicted molar refractivity (Wildman–Crippen MR) is 201 cm³/mol. The van der Waals surface area contributed by atoms with Gasteiger partial charge in [0.2, 0.25) is 0 Å². The normalized spacial score (nSPS) is 15.2. The lowest BCUT2D eigenvalue weighted by molar-refractivity contribution is 0.327. The van der Waals surface area contributed by atoms with Crippen LogP contribution in [0.5, 0.6) is 5.75 Å². The second kappa shape index (κ2) is 19.5. The van der Waals surface area contributed by atoms with Gasteiger partial charge < -0.3 is 4.74 Å². The molecule has 3 aromatic carbocycles. The van der Waals surface area contributed by atoms with Crippen molar-refractivity contribution in [3.8, 4) is 17.9 Å². The molecule has 1 aliphatic rings. The summed E-state index contributed by atoms with van der Waals surface area (Å²) in [6, 6.07) is 24.6. The predicted octanol–water partition coefficient (Wildman–Crippen LogP) is 8.19. The fraction of sp³-hybridized carbons (Fsp3) is 0.297. The zero-order chi connectivity index (χ0) is 37.4. The minimum absolute atomic E-state index is 0.0396. The SMILES string of the molecule is CCCCC(CCC)S(=O)(=O)ON=C(C#N)c1ccc(OC)cc1.Cc1ccc(S(=O)(=O)ON=C2C=CC(=C(C#N)c3ccccc3C)S2)cc1. The van der Waals surface area contributed by atoms with Crippen LogP contribution in [0.3, 0.4) is 0 Å². The van der Waals surface area contributed by atoms with E-state index in [0.29, 0.717) is 39.7 Å².